The summed E-state index contributed by atoms with van der Waals surface area (Å²) in [6, 6.07) is 7.49. The minimum absolute atomic E-state index is 0.122. The Bertz CT molecular complexity index is 394. The molecule has 1 aliphatic rings. The summed E-state index contributed by atoms with van der Waals surface area (Å²) in [5, 5.41) is 6.36. The number of urea groups is 1. The van der Waals surface area contributed by atoms with Crippen LogP contribution in [-0.2, 0) is 5.54 Å². The Hall–Kier alpha value is -1.22. The molecule has 3 nitrogen and oxygen atoms in total. The Labute approximate surface area is 93.8 Å². The van der Waals surface area contributed by atoms with E-state index < -0.39 is 0 Å². The summed E-state index contributed by atoms with van der Waals surface area (Å²) < 4.78 is 0. The Morgan fingerprint density at radius 2 is 2.27 bits per heavy atom. The smallest absolute Gasteiger partial charge is 0.315 e. The third-order valence-electron chi connectivity index (χ3n) is 2.76. The molecule has 2 amide bonds. The number of hydrogen-bond donors (Lipinski definition) is 2. The Kier molecular flexibility index (Phi) is 2.57. The van der Waals surface area contributed by atoms with Gasteiger partial charge in [-0.1, -0.05) is 23.7 Å². The van der Waals surface area contributed by atoms with Gasteiger partial charge in [-0.15, -0.1) is 0 Å². The van der Waals surface area contributed by atoms with Crippen LogP contribution in [-0.4, -0.2) is 12.6 Å². The highest BCUT2D eigenvalue weighted by Crippen LogP contribution is 2.27. The topological polar surface area (TPSA) is 41.1 Å². The van der Waals surface area contributed by atoms with E-state index in [4.69, 9.17) is 11.6 Å². The molecule has 0 spiro atoms. The molecule has 1 aromatic rings. The Balaban J connectivity index is 2.32. The van der Waals surface area contributed by atoms with E-state index in [1.54, 1.807) is 0 Å². The van der Waals surface area contributed by atoms with Crippen molar-refractivity contribution in [1.29, 1.82) is 0 Å². The lowest BCUT2D eigenvalue weighted by atomic mass is 9.87. The van der Waals surface area contributed by atoms with Crippen LogP contribution in [0.4, 0.5) is 4.79 Å². The quantitative estimate of drug-likeness (QED) is 0.755. The molecular weight excluding hydrogens is 212 g/mol. The standard InChI is InChI=1S/C11H13ClN2O/c1-11(5-6-13-10(15)14-11)8-3-2-4-9(12)7-8/h2-4,7H,5-6H2,1H3,(H2,13,14,15). The first-order chi connectivity index (χ1) is 7.10. The van der Waals surface area contributed by atoms with E-state index in [9.17, 15) is 4.79 Å². The van der Waals surface area contributed by atoms with Crippen molar-refractivity contribution in [3.63, 3.8) is 0 Å². The Morgan fingerprint density at radius 1 is 1.47 bits per heavy atom. The van der Waals surface area contributed by atoms with E-state index in [-0.39, 0.29) is 11.6 Å². The van der Waals surface area contributed by atoms with Crippen LogP contribution in [0.15, 0.2) is 24.3 Å². The van der Waals surface area contributed by atoms with Gasteiger partial charge in [0.25, 0.3) is 0 Å². The number of carbonyl (C=O) groups is 1. The van der Waals surface area contributed by atoms with Crippen LogP contribution in [0.3, 0.4) is 0 Å². The SMILES string of the molecule is CC1(c2cccc(Cl)c2)CCNC(=O)N1. The monoisotopic (exact) mass is 224 g/mol. The number of nitrogens with one attached hydrogen (secondary N) is 2. The normalized spacial score (nSPS) is 25.6. The molecule has 1 atom stereocenters. The van der Waals surface area contributed by atoms with E-state index in [0.29, 0.717) is 11.6 Å². The van der Waals surface area contributed by atoms with Gasteiger partial charge in [0.1, 0.15) is 0 Å². The zero-order chi connectivity index (χ0) is 10.9. The number of amides is 2. The molecule has 1 unspecified atom stereocenters. The van der Waals surface area contributed by atoms with Crippen molar-refractivity contribution >= 4 is 17.6 Å². The predicted molar refractivity (Wildman–Crippen MR) is 60.0 cm³/mol. The van der Waals surface area contributed by atoms with Crippen LogP contribution in [0.1, 0.15) is 18.9 Å². The third-order valence-corrected chi connectivity index (χ3v) is 3.00. The van der Waals surface area contributed by atoms with Crippen LogP contribution < -0.4 is 10.6 Å². The molecule has 0 bridgehead atoms. The maximum atomic E-state index is 11.3. The molecule has 2 N–H and O–H groups in total. The van der Waals surface area contributed by atoms with Gasteiger partial charge in [0.05, 0.1) is 5.54 Å². The minimum atomic E-state index is -0.312. The second-order valence-electron chi connectivity index (χ2n) is 3.97. The van der Waals surface area contributed by atoms with E-state index in [0.717, 1.165) is 12.0 Å². The molecule has 0 radical (unpaired) electrons. The molecule has 1 aromatic carbocycles. The van der Waals surface area contributed by atoms with Crippen molar-refractivity contribution in [2.75, 3.05) is 6.54 Å². The average Bonchev–Trinajstić information content (AvgIpc) is 2.17. The second kappa shape index (κ2) is 3.74. The zero-order valence-electron chi connectivity index (χ0n) is 8.51. The van der Waals surface area contributed by atoms with Gasteiger partial charge in [-0.05, 0) is 31.0 Å². The maximum Gasteiger partial charge on any atom is 0.315 e. The number of benzene rings is 1. The summed E-state index contributed by atoms with van der Waals surface area (Å²) in [5.41, 5.74) is 0.734. The fourth-order valence-electron chi connectivity index (χ4n) is 1.83. The Morgan fingerprint density at radius 3 is 2.93 bits per heavy atom. The van der Waals surface area contributed by atoms with Gasteiger partial charge in [0, 0.05) is 11.6 Å². The molecule has 1 fully saturated rings. The number of halogens is 1. The molecule has 1 saturated heterocycles. The van der Waals surface area contributed by atoms with E-state index >= 15 is 0 Å². The highest BCUT2D eigenvalue weighted by Gasteiger charge is 2.31. The van der Waals surface area contributed by atoms with Crippen molar-refractivity contribution in [3.05, 3.63) is 34.9 Å². The van der Waals surface area contributed by atoms with Crippen molar-refractivity contribution in [2.24, 2.45) is 0 Å². The van der Waals surface area contributed by atoms with Crippen LogP contribution >= 0.6 is 11.6 Å². The number of carbonyl (C=O) groups excluding carboxylic acids is 1. The van der Waals surface area contributed by atoms with Gasteiger partial charge in [-0.25, -0.2) is 4.79 Å². The molecule has 0 saturated carbocycles. The summed E-state index contributed by atoms with van der Waals surface area (Å²) in [6.45, 7) is 2.70. The largest absolute Gasteiger partial charge is 0.338 e. The fraction of sp³-hybridized carbons (Fsp3) is 0.364. The van der Waals surface area contributed by atoms with Gasteiger partial charge in [0.15, 0.2) is 0 Å². The van der Waals surface area contributed by atoms with Crippen molar-refractivity contribution in [2.45, 2.75) is 18.9 Å². The molecular formula is C11H13ClN2O. The molecule has 1 heterocycles. The lowest BCUT2D eigenvalue weighted by Crippen LogP contribution is -2.54. The van der Waals surface area contributed by atoms with E-state index in [1.165, 1.54) is 0 Å². The average molecular weight is 225 g/mol. The summed E-state index contributed by atoms with van der Waals surface area (Å²) in [5.74, 6) is 0. The van der Waals surface area contributed by atoms with Gasteiger partial charge < -0.3 is 10.6 Å². The maximum absolute atomic E-state index is 11.3. The second-order valence-corrected chi connectivity index (χ2v) is 4.41. The molecule has 4 heteroatoms. The summed E-state index contributed by atoms with van der Waals surface area (Å²) in [6.07, 6.45) is 0.860. The lowest BCUT2D eigenvalue weighted by molar-refractivity contribution is 0.211. The zero-order valence-corrected chi connectivity index (χ0v) is 9.27. The predicted octanol–water partition coefficient (Wildman–Crippen LogP) is 2.26. The van der Waals surface area contributed by atoms with Crippen molar-refractivity contribution in [3.8, 4) is 0 Å². The number of rotatable bonds is 1. The molecule has 80 valence electrons. The minimum Gasteiger partial charge on any atom is -0.338 e. The molecule has 0 aliphatic carbocycles. The van der Waals surface area contributed by atoms with Crippen LogP contribution in [0.2, 0.25) is 5.02 Å². The first-order valence-corrected chi connectivity index (χ1v) is 5.30. The first kappa shape index (κ1) is 10.3. The highest BCUT2D eigenvalue weighted by molar-refractivity contribution is 6.30. The summed E-state index contributed by atoms with van der Waals surface area (Å²) in [7, 11) is 0. The van der Waals surface area contributed by atoms with Crippen LogP contribution in [0, 0.1) is 0 Å². The van der Waals surface area contributed by atoms with Crippen LogP contribution in [0.5, 0.6) is 0 Å². The lowest BCUT2D eigenvalue weighted by Gasteiger charge is -2.35. The van der Waals surface area contributed by atoms with E-state index in [2.05, 4.69) is 10.6 Å². The van der Waals surface area contributed by atoms with Gasteiger partial charge >= 0.3 is 6.03 Å². The third kappa shape index (κ3) is 2.07. The first-order valence-electron chi connectivity index (χ1n) is 4.92. The highest BCUT2D eigenvalue weighted by atomic mass is 35.5. The molecule has 15 heavy (non-hydrogen) atoms. The summed E-state index contributed by atoms with van der Waals surface area (Å²) in [4.78, 5) is 11.3. The van der Waals surface area contributed by atoms with Gasteiger partial charge in [-0.3, -0.25) is 0 Å². The van der Waals surface area contributed by atoms with Crippen molar-refractivity contribution in [1.82, 2.24) is 10.6 Å². The molecule has 2 rings (SSSR count). The van der Waals surface area contributed by atoms with Gasteiger partial charge in [-0.2, -0.15) is 0 Å². The molecule has 1 aliphatic heterocycles. The number of hydrogen-bond acceptors (Lipinski definition) is 1. The van der Waals surface area contributed by atoms with Crippen LogP contribution in [0.25, 0.3) is 0 Å². The fourth-order valence-corrected chi connectivity index (χ4v) is 2.02. The molecule has 0 aromatic heterocycles. The van der Waals surface area contributed by atoms with Crippen molar-refractivity contribution < 1.29 is 4.79 Å². The van der Waals surface area contributed by atoms with E-state index in [1.807, 2.05) is 31.2 Å². The van der Waals surface area contributed by atoms with Gasteiger partial charge in [0.2, 0.25) is 0 Å². The summed E-state index contributed by atoms with van der Waals surface area (Å²) >= 11 is 5.93.